The number of carbonyl (C=O) groups is 2. The number of aryl methyl sites for hydroxylation is 2. The van der Waals surface area contributed by atoms with Gasteiger partial charge in [-0.2, -0.15) is 5.10 Å². The second-order valence-corrected chi connectivity index (χ2v) is 9.65. The van der Waals surface area contributed by atoms with Crippen LogP contribution in [0.1, 0.15) is 57.9 Å². The standard InChI is InChI=1S/C22H33N7O4/c1-13-10-18(28-27-13)25-17-11-15(23-14(2)24-17)16-12-29(8-9-32-16)19(30)22(6,7)26-20(31)33-21(3,4)5/h10-11,16H,8-9,12H2,1-7H3,(H,26,31)(H2,23,24,25,27,28)/t16-/m0/s1. The lowest BCUT2D eigenvalue weighted by Gasteiger charge is -2.37. The molecular weight excluding hydrogens is 426 g/mol. The normalized spacial score (nSPS) is 16.9. The summed E-state index contributed by atoms with van der Waals surface area (Å²) in [5.41, 5.74) is -0.210. The predicted octanol–water partition coefficient (Wildman–Crippen LogP) is 2.76. The average molecular weight is 460 g/mol. The van der Waals surface area contributed by atoms with Crippen LogP contribution in [-0.2, 0) is 14.3 Å². The summed E-state index contributed by atoms with van der Waals surface area (Å²) >= 11 is 0. The molecule has 11 nitrogen and oxygen atoms in total. The Hall–Kier alpha value is -3.21. The zero-order chi connectivity index (χ0) is 24.4. The number of aromatic nitrogens is 4. The van der Waals surface area contributed by atoms with E-state index in [1.165, 1.54) is 0 Å². The van der Waals surface area contributed by atoms with Crippen molar-refractivity contribution in [3.05, 3.63) is 29.3 Å². The molecule has 0 aromatic carbocycles. The number of nitrogens with one attached hydrogen (secondary N) is 3. The van der Waals surface area contributed by atoms with Crippen LogP contribution in [0, 0.1) is 13.8 Å². The average Bonchev–Trinajstić information content (AvgIpc) is 3.09. The number of amides is 2. The van der Waals surface area contributed by atoms with Crippen molar-refractivity contribution >= 4 is 23.6 Å². The minimum atomic E-state index is -1.14. The number of morpholine rings is 1. The van der Waals surface area contributed by atoms with Gasteiger partial charge in [0.1, 0.15) is 28.9 Å². The fraction of sp³-hybridized carbons (Fsp3) is 0.591. The summed E-state index contributed by atoms with van der Waals surface area (Å²) in [6.07, 6.45) is -1.07. The van der Waals surface area contributed by atoms with E-state index in [0.29, 0.717) is 42.9 Å². The lowest BCUT2D eigenvalue weighted by molar-refractivity contribution is -0.145. The first-order valence-corrected chi connectivity index (χ1v) is 10.9. The van der Waals surface area contributed by atoms with Crippen LogP contribution in [0.5, 0.6) is 0 Å². The molecule has 1 aliphatic rings. The Bertz CT molecular complexity index is 1010. The number of hydrogen-bond donors (Lipinski definition) is 3. The third kappa shape index (κ3) is 6.64. The molecule has 1 saturated heterocycles. The van der Waals surface area contributed by atoms with E-state index in [1.54, 1.807) is 52.5 Å². The molecule has 11 heteroatoms. The van der Waals surface area contributed by atoms with Crippen molar-refractivity contribution in [3.63, 3.8) is 0 Å². The van der Waals surface area contributed by atoms with Crippen molar-refractivity contribution in [3.8, 4) is 0 Å². The van der Waals surface area contributed by atoms with E-state index in [-0.39, 0.29) is 5.91 Å². The van der Waals surface area contributed by atoms with Crippen LogP contribution in [0.25, 0.3) is 0 Å². The van der Waals surface area contributed by atoms with Gasteiger partial charge < -0.3 is 25.0 Å². The molecule has 2 aromatic rings. The molecule has 3 heterocycles. The molecule has 1 fully saturated rings. The van der Waals surface area contributed by atoms with Crippen LogP contribution in [0.4, 0.5) is 16.4 Å². The zero-order valence-electron chi connectivity index (χ0n) is 20.3. The molecule has 3 rings (SSSR count). The molecule has 0 aliphatic carbocycles. The van der Waals surface area contributed by atoms with Crippen LogP contribution >= 0.6 is 0 Å². The van der Waals surface area contributed by atoms with Gasteiger partial charge in [-0.25, -0.2) is 14.8 Å². The number of hydrogen-bond acceptors (Lipinski definition) is 8. The Morgan fingerprint density at radius 3 is 2.52 bits per heavy atom. The largest absolute Gasteiger partial charge is 0.444 e. The van der Waals surface area contributed by atoms with Crippen LogP contribution in [0.15, 0.2) is 12.1 Å². The Morgan fingerprint density at radius 2 is 1.88 bits per heavy atom. The van der Waals surface area contributed by atoms with E-state index in [4.69, 9.17) is 9.47 Å². The molecule has 0 unspecified atom stereocenters. The van der Waals surface area contributed by atoms with E-state index >= 15 is 0 Å². The molecule has 0 saturated carbocycles. The second-order valence-electron chi connectivity index (χ2n) is 9.65. The lowest BCUT2D eigenvalue weighted by Crippen LogP contribution is -2.58. The van der Waals surface area contributed by atoms with Gasteiger partial charge in [0.15, 0.2) is 5.82 Å². The van der Waals surface area contributed by atoms with Crippen molar-refractivity contribution in [2.75, 3.05) is 25.0 Å². The quantitative estimate of drug-likeness (QED) is 0.621. The van der Waals surface area contributed by atoms with E-state index in [2.05, 4.69) is 30.8 Å². The first kappa shape index (κ1) is 24.4. The molecule has 1 atom stereocenters. The molecule has 2 amide bonds. The van der Waals surface area contributed by atoms with Gasteiger partial charge in [-0.05, 0) is 48.5 Å². The minimum absolute atomic E-state index is 0.224. The summed E-state index contributed by atoms with van der Waals surface area (Å²) in [6, 6.07) is 3.66. The Labute approximate surface area is 193 Å². The first-order chi connectivity index (χ1) is 15.3. The molecule has 2 aromatic heterocycles. The topological polar surface area (TPSA) is 134 Å². The highest BCUT2D eigenvalue weighted by atomic mass is 16.6. The van der Waals surface area contributed by atoms with E-state index in [1.807, 2.05) is 13.0 Å². The Morgan fingerprint density at radius 1 is 1.15 bits per heavy atom. The number of alkyl carbamates (subject to hydrolysis) is 1. The van der Waals surface area contributed by atoms with Crippen molar-refractivity contribution in [2.24, 2.45) is 0 Å². The van der Waals surface area contributed by atoms with Crippen LogP contribution < -0.4 is 10.6 Å². The smallest absolute Gasteiger partial charge is 0.408 e. The Balaban J connectivity index is 1.70. The highest BCUT2D eigenvalue weighted by Gasteiger charge is 2.37. The fourth-order valence-electron chi connectivity index (χ4n) is 3.45. The number of ether oxygens (including phenoxy) is 2. The van der Waals surface area contributed by atoms with Crippen LogP contribution in [0.2, 0.25) is 0 Å². The Kier molecular flexibility index (Phi) is 6.92. The van der Waals surface area contributed by atoms with Crippen LogP contribution in [0.3, 0.4) is 0 Å². The van der Waals surface area contributed by atoms with Gasteiger partial charge in [-0.1, -0.05) is 0 Å². The molecule has 180 valence electrons. The first-order valence-electron chi connectivity index (χ1n) is 10.9. The number of nitrogens with zero attached hydrogens (tertiary/aromatic N) is 4. The molecular formula is C22H33N7O4. The maximum atomic E-state index is 13.2. The highest BCUT2D eigenvalue weighted by Crippen LogP contribution is 2.25. The third-order valence-corrected chi connectivity index (χ3v) is 4.85. The molecule has 3 N–H and O–H groups in total. The summed E-state index contributed by atoms with van der Waals surface area (Å²) in [7, 11) is 0. The SMILES string of the molecule is Cc1nc(Nc2cc(C)[nH]n2)cc([C@@H]2CN(C(=O)C(C)(C)NC(=O)OC(C)(C)C)CCO2)n1. The van der Waals surface area contributed by atoms with Gasteiger partial charge in [0.2, 0.25) is 5.91 Å². The predicted molar refractivity (Wildman–Crippen MR) is 122 cm³/mol. The summed E-state index contributed by atoms with van der Waals surface area (Å²) in [5.74, 6) is 1.58. The summed E-state index contributed by atoms with van der Waals surface area (Å²) in [6.45, 7) is 13.4. The monoisotopic (exact) mass is 459 g/mol. The van der Waals surface area contributed by atoms with Crippen molar-refractivity contribution in [2.45, 2.75) is 65.7 Å². The number of H-pyrrole nitrogens is 1. The molecule has 0 spiro atoms. The molecule has 0 bridgehead atoms. The van der Waals surface area contributed by atoms with Gasteiger partial charge in [-0.15, -0.1) is 0 Å². The van der Waals surface area contributed by atoms with Crippen molar-refractivity contribution in [1.29, 1.82) is 0 Å². The third-order valence-electron chi connectivity index (χ3n) is 4.85. The maximum Gasteiger partial charge on any atom is 0.408 e. The van der Waals surface area contributed by atoms with E-state index < -0.39 is 23.3 Å². The maximum absolute atomic E-state index is 13.2. The van der Waals surface area contributed by atoms with Gasteiger partial charge in [0.05, 0.1) is 18.8 Å². The second kappa shape index (κ2) is 9.34. The van der Waals surface area contributed by atoms with E-state index in [0.717, 1.165) is 5.69 Å². The molecule has 0 radical (unpaired) electrons. The number of rotatable bonds is 5. The lowest BCUT2D eigenvalue weighted by atomic mass is 10.0. The highest BCUT2D eigenvalue weighted by molar-refractivity contribution is 5.89. The summed E-state index contributed by atoms with van der Waals surface area (Å²) in [5, 5.41) is 12.9. The summed E-state index contributed by atoms with van der Waals surface area (Å²) in [4.78, 5) is 36.0. The van der Waals surface area contributed by atoms with Gasteiger partial charge in [-0.3, -0.25) is 9.89 Å². The number of carbonyl (C=O) groups excluding carboxylic acids is 2. The number of anilines is 2. The minimum Gasteiger partial charge on any atom is -0.444 e. The van der Waals surface area contributed by atoms with Gasteiger partial charge in [0.25, 0.3) is 0 Å². The van der Waals surface area contributed by atoms with Gasteiger partial charge in [0, 0.05) is 24.4 Å². The summed E-state index contributed by atoms with van der Waals surface area (Å²) < 4.78 is 11.2. The number of aromatic amines is 1. The zero-order valence-corrected chi connectivity index (χ0v) is 20.3. The van der Waals surface area contributed by atoms with Crippen molar-refractivity contribution in [1.82, 2.24) is 30.4 Å². The fourth-order valence-corrected chi connectivity index (χ4v) is 3.45. The van der Waals surface area contributed by atoms with Crippen LogP contribution in [-0.4, -0.2) is 67.9 Å². The van der Waals surface area contributed by atoms with E-state index in [9.17, 15) is 9.59 Å². The van der Waals surface area contributed by atoms with Gasteiger partial charge >= 0.3 is 6.09 Å². The van der Waals surface area contributed by atoms with Crippen molar-refractivity contribution < 1.29 is 19.1 Å². The molecule has 1 aliphatic heterocycles. The molecule has 33 heavy (non-hydrogen) atoms.